The molecule has 18 heavy (non-hydrogen) atoms. The van der Waals surface area contributed by atoms with Crippen LogP contribution in [0.3, 0.4) is 0 Å². The molecule has 0 fully saturated rings. The fraction of sp³-hybridized carbons (Fsp3) is 0. The second-order valence-corrected chi connectivity index (χ2v) is 6.03. The Morgan fingerprint density at radius 1 is 0.778 bits per heavy atom. The third kappa shape index (κ3) is 3.38. The van der Waals surface area contributed by atoms with Gasteiger partial charge >= 0.3 is 0 Å². The highest BCUT2D eigenvalue weighted by molar-refractivity contribution is 8.13. The van der Waals surface area contributed by atoms with Gasteiger partial charge in [0.15, 0.2) is 0 Å². The highest BCUT2D eigenvalue weighted by Gasteiger charge is 2.08. The van der Waals surface area contributed by atoms with Crippen LogP contribution in [-0.4, -0.2) is 8.42 Å². The number of rotatable bonds is 3. The van der Waals surface area contributed by atoms with Gasteiger partial charge < -0.3 is 0 Å². The third-order valence-electron chi connectivity index (χ3n) is 2.16. The summed E-state index contributed by atoms with van der Waals surface area (Å²) in [6.07, 6.45) is 0. The van der Waals surface area contributed by atoms with Crippen LogP contribution < -0.4 is 0 Å². The zero-order chi connectivity index (χ0) is 13.0. The van der Waals surface area contributed by atoms with Crippen LogP contribution in [0.5, 0.6) is 0 Å². The Morgan fingerprint density at radius 2 is 1.28 bits per heavy atom. The molecule has 0 saturated carbocycles. The van der Waals surface area contributed by atoms with Crippen LogP contribution in [-0.2, 0) is 9.05 Å². The van der Waals surface area contributed by atoms with Crippen LogP contribution in [0, 0.1) is 0 Å². The SMILES string of the molecule is O=S(=O)(Cl)c1ccc(N=Nc2ccccc2)cc1. The predicted octanol–water partition coefficient (Wildman–Crippen LogP) is 4.03. The zero-order valence-electron chi connectivity index (χ0n) is 9.19. The quantitative estimate of drug-likeness (QED) is 0.629. The minimum absolute atomic E-state index is 0.0443. The maximum absolute atomic E-state index is 11.0. The van der Waals surface area contributed by atoms with Gasteiger partial charge in [-0.25, -0.2) is 8.42 Å². The molecule has 6 heteroatoms. The molecule has 0 spiro atoms. The topological polar surface area (TPSA) is 58.9 Å². The van der Waals surface area contributed by atoms with Gasteiger partial charge in [-0.3, -0.25) is 0 Å². The van der Waals surface area contributed by atoms with Crippen molar-refractivity contribution in [2.45, 2.75) is 4.90 Å². The standard InChI is InChI=1S/C12H9ClN2O2S/c13-18(16,17)12-8-6-11(7-9-12)15-14-10-4-2-1-3-5-10/h1-9H. The molecule has 2 aromatic carbocycles. The first-order valence-electron chi connectivity index (χ1n) is 5.07. The molecular weight excluding hydrogens is 272 g/mol. The Labute approximate surface area is 109 Å². The van der Waals surface area contributed by atoms with Crippen LogP contribution in [0.15, 0.2) is 69.7 Å². The van der Waals surface area contributed by atoms with Gasteiger partial charge in [-0.1, -0.05) is 18.2 Å². The van der Waals surface area contributed by atoms with E-state index in [1.165, 1.54) is 12.1 Å². The molecule has 2 rings (SSSR count). The van der Waals surface area contributed by atoms with Crippen LogP contribution >= 0.6 is 10.7 Å². The van der Waals surface area contributed by atoms with Gasteiger partial charge in [-0.15, -0.1) is 0 Å². The van der Waals surface area contributed by atoms with Gasteiger partial charge in [0.05, 0.1) is 16.3 Å². The molecule has 0 heterocycles. The molecule has 0 aliphatic rings. The predicted molar refractivity (Wildman–Crippen MR) is 70.1 cm³/mol. The van der Waals surface area contributed by atoms with E-state index < -0.39 is 9.05 Å². The van der Waals surface area contributed by atoms with Crippen molar-refractivity contribution in [3.63, 3.8) is 0 Å². The number of benzene rings is 2. The van der Waals surface area contributed by atoms with Crippen LogP contribution in [0.2, 0.25) is 0 Å². The molecule has 0 amide bonds. The van der Waals surface area contributed by atoms with E-state index in [-0.39, 0.29) is 4.90 Å². The van der Waals surface area contributed by atoms with Crippen molar-refractivity contribution >= 4 is 31.1 Å². The van der Waals surface area contributed by atoms with Crippen molar-refractivity contribution in [1.82, 2.24) is 0 Å². The molecule has 0 N–H and O–H groups in total. The lowest BCUT2D eigenvalue weighted by Crippen LogP contribution is -1.88. The largest absolute Gasteiger partial charge is 0.261 e. The summed E-state index contributed by atoms with van der Waals surface area (Å²) in [6, 6.07) is 15.1. The lowest BCUT2D eigenvalue weighted by molar-refractivity contribution is 0.609. The van der Waals surface area contributed by atoms with Gasteiger partial charge in [-0.05, 0) is 36.4 Å². The highest BCUT2D eigenvalue weighted by atomic mass is 35.7. The van der Waals surface area contributed by atoms with Crippen LogP contribution in [0.1, 0.15) is 0 Å². The van der Waals surface area contributed by atoms with E-state index in [0.717, 1.165) is 5.69 Å². The summed E-state index contributed by atoms with van der Waals surface area (Å²) in [5.74, 6) is 0. The van der Waals surface area contributed by atoms with Crippen LogP contribution in [0.4, 0.5) is 11.4 Å². The molecule has 0 saturated heterocycles. The van der Waals surface area contributed by atoms with E-state index >= 15 is 0 Å². The number of hydrogen-bond acceptors (Lipinski definition) is 4. The van der Waals surface area contributed by atoms with Crippen molar-refractivity contribution in [2.24, 2.45) is 10.2 Å². The Balaban J connectivity index is 2.19. The fourth-order valence-corrected chi connectivity index (χ4v) is 2.06. The summed E-state index contributed by atoms with van der Waals surface area (Å²) in [7, 11) is 1.52. The van der Waals surface area contributed by atoms with E-state index in [1.54, 1.807) is 12.1 Å². The molecule has 0 aliphatic carbocycles. The molecule has 0 atom stereocenters. The molecule has 0 unspecified atom stereocenters. The summed E-state index contributed by atoms with van der Waals surface area (Å²) >= 11 is 0. The van der Waals surface area contributed by atoms with Crippen molar-refractivity contribution in [1.29, 1.82) is 0 Å². The average Bonchev–Trinajstić information content (AvgIpc) is 2.37. The first-order valence-corrected chi connectivity index (χ1v) is 7.38. The fourth-order valence-electron chi connectivity index (χ4n) is 1.29. The minimum Gasteiger partial charge on any atom is -0.207 e. The molecule has 0 aliphatic heterocycles. The smallest absolute Gasteiger partial charge is 0.207 e. The number of halogens is 1. The monoisotopic (exact) mass is 280 g/mol. The number of azo groups is 1. The van der Waals surface area contributed by atoms with Gasteiger partial charge in [0, 0.05) is 10.7 Å². The van der Waals surface area contributed by atoms with Crippen molar-refractivity contribution < 1.29 is 8.42 Å². The van der Waals surface area contributed by atoms with E-state index in [9.17, 15) is 8.42 Å². The van der Waals surface area contributed by atoms with Gasteiger partial charge in [0.1, 0.15) is 0 Å². The zero-order valence-corrected chi connectivity index (χ0v) is 10.8. The third-order valence-corrected chi connectivity index (χ3v) is 3.53. The first-order chi connectivity index (χ1) is 8.55. The maximum Gasteiger partial charge on any atom is 0.261 e. The molecule has 2 aromatic rings. The molecule has 0 bridgehead atoms. The second-order valence-electron chi connectivity index (χ2n) is 3.47. The van der Waals surface area contributed by atoms with Gasteiger partial charge in [0.2, 0.25) is 0 Å². The molecule has 0 radical (unpaired) electrons. The lowest BCUT2D eigenvalue weighted by Gasteiger charge is -1.96. The Hall–Kier alpha value is -1.72. The first kappa shape index (κ1) is 12.7. The van der Waals surface area contributed by atoms with Crippen molar-refractivity contribution in [3.05, 3.63) is 54.6 Å². The Morgan fingerprint density at radius 3 is 1.78 bits per heavy atom. The van der Waals surface area contributed by atoms with E-state index in [0.29, 0.717) is 5.69 Å². The molecule has 4 nitrogen and oxygen atoms in total. The normalized spacial score (nSPS) is 11.8. The van der Waals surface area contributed by atoms with Crippen molar-refractivity contribution in [3.8, 4) is 0 Å². The number of nitrogens with zero attached hydrogens (tertiary/aromatic N) is 2. The molecule has 0 aromatic heterocycles. The minimum atomic E-state index is -3.69. The van der Waals surface area contributed by atoms with Gasteiger partial charge in [0.25, 0.3) is 9.05 Å². The summed E-state index contributed by atoms with van der Waals surface area (Å²) < 4.78 is 22.1. The summed E-state index contributed by atoms with van der Waals surface area (Å²) in [5.41, 5.74) is 1.29. The summed E-state index contributed by atoms with van der Waals surface area (Å²) in [6.45, 7) is 0. The maximum atomic E-state index is 11.0. The van der Waals surface area contributed by atoms with Gasteiger partial charge in [-0.2, -0.15) is 10.2 Å². The van der Waals surface area contributed by atoms with E-state index in [1.807, 2.05) is 30.3 Å². The summed E-state index contributed by atoms with van der Waals surface area (Å²) in [4.78, 5) is 0.0443. The lowest BCUT2D eigenvalue weighted by atomic mass is 10.3. The van der Waals surface area contributed by atoms with Crippen LogP contribution in [0.25, 0.3) is 0 Å². The Kier molecular flexibility index (Phi) is 3.74. The van der Waals surface area contributed by atoms with E-state index in [4.69, 9.17) is 10.7 Å². The second kappa shape index (κ2) is 5.29. The average molecular weight is 281 g/mol. The molecule has 92 valence electrons. The van der Waals surface area contributed by atoms with Crippen molar-refractivity contribution in [2.75, 3.05) is 0 Å². The summed E-state index contributed by atoms with van der Waals surface area (Å²) in [5, 5.41) is 8.00. The Bertz CT molecular complexity index is 652. The van der Waals surface area contributed by atoms with E-state index in [2.05, 4.69) is 10.2 Å². The molecular formula is C12H9ClN2O2S. The number of hydrogen-bond donors (Lipinski definition) is 0. The highest BCUT2D eigenvalue weighted by Crippen LogP contribution is 2.21.